The predicted molar refractivity (Wildman–Crippen MR) is 92.5 cm³/mol. The number of aryl methyl sites for hydroxylation is 3. The summed E-state index contributed by atoms with van der Waals surface area (Å²) in [4.78, 5) is 23.7. The number of hydrogen-bond acceptors (Lipinski definition) is 4. The third-order valence-electron chi connectivity index (χ3n) is 4.49. The molecule has 1 saturated heterocycles. The Morgan fingerprint density at radius 1 is 1.20 bits per heavy atom. The highest BCUT2D eigenvalue weighted by molar-refractivity contribution is 5.93. The van der Waals surface area contributed by atoms with Crippen molar-refractivity contribution in [2.24, 2.45) is 7.05 Å². The average molecular weight is 339 g/mol. The van der Waals surface area contributed by atoms with Gasteiger partial charge in [0.25, 0.3) is 5.91 Å². The second-order valence-corrected chi connectivity index (χ2v) is 6.56. The lowest BCUT2D eigenvalue weighted by Crippen LogP contribution is -2.43. The highest BCUT2D eigenvalue weighted by Gasteiger charge is 2.29. The molecule has 0 saturated carbocycles. The van der Waals surface area contributed by atoms with Gasteiger partial charge in [-0.15, -0.1) is 0 Å². The van der Waals surface area contributed by atoms with Crippen molar-refractivity contribution in [2.45, 2.75) is 20.0 Å². The van der Waals surface area contributed by atoms with Crippen molar-refractivity contribution in [1.82, 2.24) is 23.8 Å². The molecule has 130 valence electrons. The van der Waals surface area contributed by atoms with E-state index >= 15 is 0 Å². The Morgan fingerprint density at radius 3 is 2.80 bits per heavy atom. The topological polar surface area (TPSA) is 64.7 Å². The molecule has 4 heterocycles. The van der Waals surface area contributed by atoms with Crippen molar-refractivity contribution in [3.05, 3.63) is 53.5 Å². The highest BCUT2D eigenvalue weighted by atomic mass is 16.5. The van der Waals surface area contributed by atoms with Crippen LogP contribution in [0.2, 0.25) is 0 Å². The average Bonchev–Trinajstić information content (AvgIpc) is 3.16. The van der Waals surface area contributed by atoms with Gasteiger partial charge in [-0.05, 0) is 25.5 Å². The number of hydrogen-bond donors (Lipinski definition) is 0. The van der Waals surface area contributed by atoms with Gasteiger partial charge in [0, 0.05) is 32.2 Å². The predicted octanol–water partition coefficient (Wildman–Crippen LogP) is 1.90. The number of rotatable bonds is 2. The molecule has 7 heteroatoms. The van der Waals surface area contributed by atoms with Gasteiger partial charge in [0.15, 0.2) is 0 Å². The lowest BCUT2D eigenvalue weighted by atomic mass is 10.2. The second kappa shape index (κ2) is 6.00. The molecule has 0 aromatic carbocycles. The zero-order chi connectivity index (χ0) is 17.6. The Balaban J connectivity index is 1.57. The van der Waals surface area contributed by atoms with Crippen LogP contribution in [0.3, 0.4) is 0 Å². The molecule has 7 nitrogen and oxygen atoms in total. The number of aromatic nitrogens is 4. The van der Waals surface area contributed by atoms with E-state index in [4.69, 9.17) is 4.74 Å². The molecule has 0 spiro atoms. The van der Waals surface area contributed by atoms with Crippen LogP contribution in [0.4, 0.5) is 0 Å². The number of imidazole rings is 2. The summed E-state index contributed by atoms with van der Waals surface area (Å²) in [6.45, 7) is 5.51. The van der Waals surface area contributed by atoms with Crippen molar-refractivity contribution in [1.29, 1.82) is 0 Å². The van der Waals surface area contributed by atoms with Gasteiger partial charge in [0.05, 0.1) is 18.8 Å². The molecule has 4 rings (SSSR count). The van der Waals surface area contributed by atoms with E-state index in [0.29, 0.717) is 25.4 Å². The summed E-state index contributed by atoms with van der Waals surface area (Å²) in [6, 6.07) is 3.91. The van der Waals surface area contributed by atoms with Crippen molar-refractivity contribution in [2.75, 3.05) is 19.7 Å². The van der Waals surface area contributed by atoms with E-state index in [9.17, 15) is 4.79 Å². The van der Waals surface area contributed by atoms with Gasteiger partial charge >= 0.3 is 0 Å². The lowest BCUT2D eigenvalue weighted by Gasteiger charge is -2.32. The van der Waals surface area contributed by atoms with E-state index < -0.39 is 0 Å². The van der Waals surface area contributed by atoms with E-state index in [1.807, 2.05) is 54.4 Å². The summed E-state index contributed by atoms with van der Waals surface area (Å²) >= 11 is 0. The maximum Gasteiger partial charge on any atom is 0.274 e. The third-order valence-corrected chi connectivity index (χ3v) is 4.49. The molecule has 0 bridgehead atoms. The summed E-state index contributed by atoms with van der Waals surface area (Å²) in [5, 5.41) is 0. The molecule has 1 aliphatic rings. The van der Waals surface area contributed by atoms with E-state index in [-0.39, 0.29) is 12.0 Å². The fourth-order valence-corrected chi connectivity index (χ4v) is 3.29. The Morgan fingerprint density at radius 2 is 2.04 bits per heavy atom. The van der Waals surface area contributed by atoms with Crippen LogP contribution in [0.15, 0.2) is 30.7 Å². The van der Waals surface area contributed by atoms with Crippen LogP contribution in [0.5, 0.6) is 0 Å². The number of ether oxygens (including phenoxy) is 1. The Kier molecular flexibility index (Phi) is 3.80. The Labute approximate surface area is 145 Å². The quantitative estimate of drug-likeness (QED) is 0.715. The molecule has 1 aliphatic heterocycles. The molecule has 3 aromatic heterocycles. The van der Waals surface area contributed by atoms with Gasteiger partial charge in [-0.1, -0.05) is 6.07 Å². The number of pyridine rings is 1. The first kappa shape index (κ1) is 15.8. The molecule has 1 fully saturated rings. The minimum absolute atomic E-state index is 0.0689. The number of morpholine rings is 1. The molecule has 0 N–H and O–H groups in total. The van der Waals surface area contributed by atoms with E-state index in [0.717, 1.165) is 22.7 Å². The van der Waals surface area contributed by atoms with Crippen molar-refractivity contribution < 1.29 is 9.53 Å². The molecular weight excluding hydrogens is 318 g/mol. The first-order valence-corrected chi connectivity index (χ1v) is 8.37. The summed E-state index contributed by atoms with van der Waals surface area (Å²) in [6.07, 6.45) is 5.51. The molecule has 3 aromatic rings. The van der Waals surface area contributed by atoms with Gasteiger partial charge in [0.1, 0.15) is 23.3 Å². The standard InChI is InChI=1S/C18H21N5O2/c1-12-4-5-16-20-14(10-23(16)8-12)18(24)22-6-7-25-15(11-22)17-19-13(2)9-21(17)3/h4-5,8-10,15H,6-7,11H2,1-3H3/t15-/m1/s1. The maximum absolute atomic E-state index is 12.9. The van der Waals surface area contributed by atoms with Crippen molar-refractivity contribution in [3.8, 4) is 0 Å². The third kappa shape index (κ3) is 2.91. The molecule has 0 radical (unpaired) electrons. The lowest BCUT2D eigenvalue weighted by molar-refractivity contribution is -0.0281. The van der Waals surface area contributed by atoms with Gasteiger partial charge in [0.2, 0.25) is 0 Å². The van der Waals surface area contributed by atoms with Crippen LogP contribution in [0.25, 0.3) is 5.65 Å². The van der Waals surface area contributed by atoms with Crippen LogP contribution in [-0.4, -0.2) is 49.4 Å². The van der Waals surface area contributed by atoms with E-state index in [1.165, 1.54) is 0 Å². The number of amides is 1. The smallest absolute Gasteiger partial charge is 0.274 e. The summed E-state index contributed by atoms with van der Waals surface area (Å²) < 4.78 is 9.70. The molecule has 0 unspecified atom stereocenters. The monoisotopic (exact) mass is 339 g/mol. The van der Waals surface area contributed by atoms with E-state index in [2.05, 4.69) is 9.97 Å². The number of carbonyl (C=O) groups is 1. The maximum atomic E-state index is 12.9. The van der Waals surface area contributed by atoms with Gasteiger partial charge < -0.3 is 18.6 Å². The Bertz CT molecular complexity index is 942. The molecular formula is C18H21N5O2. The van der Waals surface area contributed by atoms with Gasteiger partial charge in [-0.25, -0.2) is 9.97 Å². The SMILES string of the molecule is Cc1ccc2nc(C(=O)N3CCO[C@@H](c4nc(C)cn4C)C3)cn2c1. The second-order valence-electron chi connectivity index (χ2n) is 6.56. The fraction of sp³-hybridized carbons (Fsp3) is 0.389. The zero-order valence-electron chi connectivity index (χ0n) is 14.6. The normalized spacial score (nSPS) is 18.0. The van der Waals surface area contributed by atoms with Crippen LogP contribution in [0.1, 0.15) is 33.7 Å². The van der Waals surface area contributed by atoms with Gasteiger partial charge in [-0.3, -0.25) is 4.79 Å². The summed E-state index contributed by atoms with van der Waals surface area (Å²) in [5.74, 6) is 0.779. The van der Waals surface area contributed by atoms with Crippen molar-refractivity contribution >= 4 is 11.6 Å². The fourth-order valence-electron chi connectivity index (χ4n) is 3.29. The first-order valence-electron chi connectivity index (χ1n) is 8.37. The Hall–Kier alpha value is -2.67. The van der Waals surface area contributed by atoms with Gasteiger partial charge in [-0.2, -0.15) is 0 Å². The number of fused-ring (bicyclic) bond motifs is 1. The number of nitrogens with zero attached hydrogens (tertiary/aromatic N) is 5. The number of carbonyl (C=O) groups excluding carboxylic acids is 1. The highest BCUT2D eigenvalue weighted by Crippen LogP contribution is 2.22. The first-order chi connectivity index (χ1) is 12.0. The van der Waals surface area contributed by atoms with Crippen LogP contribution >= 0.6 is 0 Å². The molecule has 0 aliphatic carbocycles. The molecule has 1 atom stereocenters. The summed E-state index contributed by atoms with van der Waals surface area (Å²) in [7, 11) is 1.95. The van der Waals surface area contributed by atoms with Crippen LogP contribution in [0, 0.1) is 13.8 Å². The largest absolute Gasteiger partial charge is 0.367 e. The van der Waals surface area contributed by atoms with E-state index in [1.54, 1.807) is 11.1 Å². The van der Waals surface area contributed by atoms with Crippen LogP contribution < -0.4 is 0 Å². The minimum atomic E-state index is -0.212. The minimum Gasteiger partial charge on any atom is -0.367 e. The summed E-state index contributed by atoms with van der Waals surface area (Å²) in [5.41, 5.74) is 3.31. The molecule has 25 heavy (non-hydrogen) atoms. The van der Waals surface area contributed by atoms with Crippen LogP contribution in [-0.2, 0) is 11.8 Å². The molecule has 1 amide bonds. The zero-order valence-corrected chi connectivity index (χ0v) is 14.6. The van der Waals surface area contributed by atoms with Crippen molar-refractivity contribution in [3.63, 3.8) is 0 Å².